The molecule has 0 saturated carbocycles. The predicted molar refractivity (Wildman–Crippen MR) is 91.1 cm³/mol. The van der Waals surface area contributed by atoms with Gasteiger partial charge in [-0.15, -0.1) is 0 Å². The summed E-state index contributed by atoms with van der Waals surface area (Å²) in [6, 6.07) is 12.7. The van der Waals surface area contributed by atoms with E-state index in [9.17, 15) is 9.59 Å². The average Bonchev–Trinajstić information content (AvgIpc) is 2.50. The van der Waals surface area contributed by atoms with E-state index in [1.807, 2.05) is 32.0 Å². The predicted octanol–water partition coefficient (Wildman–Crippen LogP) is 3.91. The van der Waals surface area contributed by atoms with Crippen molar-refractivity contribution in [2.75, 3.05) is 5.32 Å². The number of carbonyl (C=O) groups is 2. The van der Waals surface area contributed by atoms with Crippen LogP contribution in [0.2, 0.25) is 0 Å². The fourth-order valence-electron chi connectivity index (χ4n) is 2.23. The van der Waals surface area contributed by atoms with Crippen LogP contribution in [0.15, 0.2) is 42.5 Å². The summed E-state index contributed by atoms with van der Waals surface area (Å²) in [5, 5.41) is 2.86. The molecule has 2 aromatic rings. The van der Waals surface area contributed by atoms with Crippen molar-refractivity contribution in [2.24, 2.45) is 0 Å². The van der Waals surface area contributed by atoms with Crippen LogP contribution >= 0.6 is 0 Å². The summed E-state index contributed by atoms with van der Waals surface area (Å²) in [7, 11) is 0. The van der Waals surface area contributed by atoms with Gasteiger partial charge >= 0.3 is 0 Å². The molecule has 0 aromatic heterocycles. The molecule has 0 radical (unpaired) electrons. The number of hydrogen-bond acceptors (Lipinski definition) is 3. The molecule has 0 unspecified atom stereocenters. The SMILES string of the molecule is CC(=O)c1cccc(O[C@@H](C)C(=O)Nc2ccc(C)cc2C)c1. The van der Waals surface area contributed by atoms with E-state index in [2.05, 4.69) is 5.32 Å². The molecule has 1 atom stereocenters. The molecule has 0 spiro atoms. The highest BCUT2D eigenvalue weighted by Gasteiger charge is 2.16. The van der Waals surface area contributed by atoms with E-state index < -0.39 is 6.10 Å². The van der Waals surface area contributed by atoms with Crippen molar-refractivity contribution >= 4 is 17.4 Å². The topological polar surface area (TPSA) is 55.4 Å². The fraction of sp³-hybridized carbons (Fsp3) is 0.263. The lowest BCUT2D eigenvalue weighted by molar-refractivity contribution is -0.122. The number of amides is 1. The van der Waals surface area contributed by atoms with Crippen LogP contribution in [0.1, 0.15) is 35.3 Å². The molecule has 23 heavy (non-hydrogen) atoms. The van der Waals surface area contributed by atoms with Crippen molar-refractivity contribution in [1.82, 2.24) is 0 Å². The Morgan fingerprint density at radius 3 is 2.48 bits per heavy atom. The number of nitrogens with one attached hydrogen (secondary N) is 1. The second-order valence-electron chi connectivity index (χ2n) is 5.65. The maximum atomic E-state index is 12.3. The van der Waals surface area contributed by atoms with Gasteiger partial charge in [-0.1, -0.05) is 29.8 Å². The van der Waals surface area contributed by atoms with Crippen LogP contribution in [0.25, 0.3) is 0 Å². The Bertz CT molecular complexity index is 737. The van der Waals surface area contributed by atoms with Gasteiger partial charge < -0.3 is 10.1 Å². The van der Waals surface area contributed by atoms with Gasteiger partial charge in [-0.2, -0.15) is 0 Å². The van der Waals surface area contributed by atoms with Gasteiger partial charge in [0.2, 0.25) is 0 Å². The molecule has 1 amide bonds. The third-order valence-corrected chi connectivity index (χ3v) is 3.56. The van der Waals surface area contributed by atoms with Crippen LogP contribution in [-0.2, 0) is 4.79 Å². The number of ether oxygens (including phenoxy) is 1. The Morgan fingerprint density at radius 1 is 1.09 bits per heavy atom. The van der Waals surface area contributed by atoms with E-state index in [-0.39, 0.29) is 11.7 Å². The van der Waals surface area contributed by atoms with Crippen molar-refractivity contribution in [3.05, 3.63) is 59.2 Å². The van der Waals surface area contributed by atoms with Crippen molar-refractivity contribution in [2.45, 2.75) is 33.8 Å². The first-order chi connectivity index (χ1) is 10.9. The summed E-state index contributed by atoms with van der Waals surface area (Å²) in [6.07, 6.45) is -0.669. The summed E-state index contributed by atoms with van der Waals surface area (Å²) in [4.78, 5) is 23.7. The average molecular weight is 311 g/mol. The summed E-state index contributed by atoms with van der Waals surface area (Å²) >= 11 is 0. The number of hydrogen-bond donors (Lipinski definition) is 1. The lowest BCUT2D eigenvalue weighted by atomic mass is 10.1. The number of anilines is 1. The molecule has 4 nitrogen and oxygen atoms in total. The highest BCUT2D eigenvalue weighted by Crippen LogP contribution is 2.18. The smallest absolute Gasteiger partial charge is 0.265 e. The second-order valence-corrected chi connectivity index (χ2v) is 5.65. The quantitative estimate of drug-likeness (QED) is 0.852. The molecular weight excluding hydrogens is 290 g/mol. The third kappa shape index (κ3) is 4.42. The standard InChI is InChI=1S/C19H21NO3/c1-12-8-9-18(13(2)10-12)20-19(22)15(4)23-17-7-5-6-16(11-17)14(3)21/h5-11,15H,1-4H3,(H,20,22)/t15-/m0/s1. The Kier molecular flexibility index (Phi) is 5.16. The van der Waals surface area contributed by atoms with Crippen LogP contribution < -0.4 is 10.1 Å². The molecule has 120 valence electrons. The maximum Gasteiger partial charge on any atom is 0.265 e. The molecule has 2 rings (SSSR count). The Hall–Kier alpha value is -2.62. The highest BCUT2D eigenvalue weighted by molar-refractivity contribution is 5.95. The molecule has 0 bridgehead atoms. The number of Topliss-reactive ketones (excluding diaryl/α,β-unsaturated/α-hetero) is 1. The number of carbonyl (C=O) groups excluding carboxylic acids is 2. The highest BCUT2D eigenvalue weighted by atomic mass is 16.5. The monoisotopic (exact) mass is 311 g/mol. The van der Waals surface area contributed by atoms with Gasteiger partial charge in [0.15, 0.2) is 11.9 Å². The first kappa shape index (κ1) is 16.7. The summed E-state index contributed by atoms with van der Waals surface area (Å²) < 4.78 is 5.64. The molecule has 0 aliphatic heterocycles. The van der Waals surface area contributed by atoms with Gasteiger partial charge in [0.25, 0.3) is 5.91 Å². The van der Waals surface area contributed by atoms with E-state index >= 15 is 0 Å². The zero-order valence-electron chi connectivity index (χ0n) is 13.8. The van der Waals surface area contributed by atoms with Gasteiger partial charge in [0.05, 0.1) is 0 Å². The van der Waals surface area contributed by atoms with Crippen LogP contribution in [0.5, 0.6) is 5.75 Å². The van der Waals surface area contributed by atoms with Crippen molar-refractivity contribution in [1.29, 1.82) is 0 Å². The molecular formula is C19H21NO3. The lowest BCUT2D eigenvalue weighted by Crippen LogP contribution is -2.30. The molecule has 1 N–H and O–H groups in total. The Balaban J connectivity index is 2.05. The van der Waals surface area contributed by atoms with E-state index in [1.54, 1.807) is 31.2 Å². The maximum absolute atomic E-state index is 12.3. The minimum atomic E-state index is -0.669. The molecule has 0 aliphatic carbocycles. The first-order valence-corrected chi connectivity index (χ1v) is 7.52. The molecule has 0 saturated heterocycles. The van der Waals surface area contributed by atoms with Gasteiger partial charge in [0, 0.05) is 11.3 Å². The van der Waals surface area contributed by atoms with Crippen molar-refractivity contribution in [3.63, 3.8) is 0 Å². The van der Waals surface area contributed by atoms with Gasteiger partial charge in [0.1, 0.15) is 5.75 Å². The zero-order valence-corrected chi connectivity index (χ0v) is 13.8. The number of ketones is 1. The molecule has 2 aromatic carbocycles. The van der Waals surface area contributed by atoms with Crippen LogP contribution in [0.3, 0.4) is 0 Å². The van der Waals surface area contributed by atoms with Crippen LogP contribution in [0.4, 0.5) is 5.69 Å². The normalized spacial score (nSPS) is 11.7. The summed E-state index contributed by atoms with van der Waals surface area (Å²) in [5.41, 5.74) is 3.48. The summed E-state index contributed by atoms with van der Waals surface area (Å²) in [5.74, 6) is 0.231. The minimum Gasteiger partial charge on any atom is -0.481 e. The first-order valence-electron chi connectivity index (χ1n) is 7.52. The number of benzene rings is 2. The second kappa shape index (κ2) is 7.09. The number of rotatable bonds is 5. The van der Waals surface area contributed by atoms with Crippen LogP contribution in [0, 0.1) is 13.8 Å². The van der Waals surface area contributed by atoms with E-state index in [0.717, 1.165) is 16.8 Å². The van der Waals surface area contributed by atoms with Crippen LogP contribution in [-0.4, -0.2) is 17.8 Å². The molecule has 0 aliphatic rings. The number of aryl methyl sites for hydroxylation is 2. The Labute approximate surface area is 136 Å². The van der Waals surface area contributed by atoms with Gasteiger partial charge in [-0.3, -0.25) is 9.59 Å². The lowest BCUT2D eigenvalue weighted by Gasteiger charge is -2.16. The van der Waals surface area contributed by atoms with E-state index in [0.29, 0.717) is 11.3 Å². The largest absolute Gasteiger partial charge is 0.481 e. The van der Waals surface area contributed by atoms with Gasteiger partial charge in [-0.05, 0) is 51.5 Å². The van der Waals surface area contributed by atoms with E-state index in [4.69, 9.17) is 4.74 Å². The van der Waals surface area contributed by atoms with E-state index in [1.165, 1.54) is 6.92 Å². The van der Waals surface area contributed by atoms with Crippen molar-refractivity contribution in [3.8, 4) is 5.75 Å². The van der Waals surface area contributed by atoms with Crippen molar-refractivity contribution < 1.29 is 14.3 Å². The molecule has 4 heteroatoms. The summed E-state index contributed by atoms with van der Waals surface area (Å²) in [6.45, 7) is 7.13. The Morgan fingerprint density at radius 2 is 1.83 bits per heavy atom. The third-order valence-electron chi connectivity index (χ3n) is 3.56. The van der Waals surface area contributed by atoms with Gasteiger partial charge in [-0.25, -0.2) is 0 Å². The zero-order chi connectivity index (χ0) is 17.0. The minimum absolute atomic E-state index is 0.0390. The fourth-order valence-corrected chi connectivity index (χ4v) is 2.23. The molecule has 0 fully saturated rings. The molecule has 0 heterocycles.